The van der Waals surface area contributed by atoms with Crippen LogP contribution >= 0.6 is 0 Å². The smallest absolute Gasteiger partial charge is 0.387 e. The summed E-state index contributed by atoms with van der Waals surface area (Å²) < 4.78 is 28.2. The molecule has 4 heteroatoms. The molecule has 0 spiro atoms. The average Bonchev–Trinajstić information content (AvgIpc) is 2.20. The summed E-state index contributed by atoms with van der Waals surface area (Å²) in [5, 5.41) is 8.26. The number of nitrogens with zero attached hydrogens (tertiary/aromatic N) is 1. The van der Waals surface area contributed by atoms with Gasteiger partial charge < -0.3 is 4.74 Å². The summed E-state index contributed by atoms with van der Waals surface area (Å²) in [7, 11) is 0. The molecule has 0 saturated heterocycles. The third kappa shape index (κ3) is 3.66. The molecule has 76 valence electrons. The summed E-state index contributed by atoms with van der Waals surface area (Å²) in [4.78, 5) is 0. The molecule has 1 aromatic carbocycles. The van der Waals surface area contributed by atoms with Gasteiger partial charge in [-0.05, 0) is 12.1 Å². The zero-order valence-corrected chi connectivity index (χ0v) is 7.71. The van der Waals surface area contributed by atoms with Crippen LogP contribution in [0.1, 0.15) is 12.0 Å². The number of halogens is 2. The molecule has 1 aromatic rings. The van der Waals surface area contributed by atoms with E-state index in [9.17, 15) is 8.78 Å². The Kier molecular flexibility index (Phi) is 4.12. The molecule has 0 N–H and O–H groups in total. The van der Waals surface area contributed by atoms with E-state index in [2.05, 4.69) is 16.6 Å². The number of hydrogen-bond donors (Lipinski definition) is 0. The highest BCUT2D eigenvalue weighted by Crippen LogP contribution is 2.18. The van der Waals surface area contributed by atoms with E-state index in [1.165, 1.54) is 6.07 Å². The Morgan fingerprint density at radius 1 is 1.33 bits per heavy atom. The molecular formula is C11H7F2NO. The van der Waals surface area contributed by atoms with E-state index in [-0.39, 0.29) is 12.2 Å². The van der Waals surface area contributed by atoms with E-state index in [4.69, 9.17) is 5.26 Å². The Balaban J connectivity index is 2.88. The zero-order chi connectivity index (χ0) is 11.1. The third-order valence-electron chi connectivity index (χ3n) is 1.49. The van der Waals surface area contributed by atoms with E-state index in [0.29, 0.717) is 5.56 Å². The highest BCUT2D eigenvalue weighted by molar-refractivity contribution is 5.46. The standard InChI is InChI=1S/C11H7F2NO/c12-11(13)15-10-7-2-1-5-9(10)6-3-4-8-14/h1-2,5,7,11H,4H2. The highest BCUT2D eigenvalue weighted by atomic mass is 19.3. The first kappa shape index (κ1) is 11.0. The fourth-order valence-corrected chi connectivity index (χ4v) is 0.948. The van der Waals surface area contributed by atoms with Crippen molar-refractivity contribution in [2.75, 3.05) is 0 Å². The van der Waals surface area contributed by atoms with Crippen LogP contribution in [-0.2, 0) is 0 Å². The second-order valence-electron chi connectivity index (χ2n) is 2.51. The first-order valence-corrected chi connectivity index (χ1v) is 4.13. The van der Waals surface area contributed by atoms with Crippen LogP contribution < -0.4 is 4.74 Å². The third-order valence-corrected chi connectivity index (χ3v) is 1.49. The van der Waals surface area contributed by atoms with Gasteiger partial charge in [0.05, 0.1) is 18.1 Å². The maximum Gasteiger partial charge on any atom is 0.387 e. The molecule has 0 amide bonds. The highest BCUT2D eigenvalue weighted by Gasteiger charge is 2.06. The lowest BCUT2D eigenvalue weighted by Crippen LogP contribution is -2.03. The largest absolute Gasteiger partial charge is 0.434 e. The van der Waals surface area contributed by atoms with Gasteiger partial charge in [-0.25, -0.2) is 0 Å². The Morgan fingerprint density at radius 2 is 2.07 bits per heavy atom. The summed E-state index contributed by atoms with van der Waals surface area (Å²) in [6, 6.07) is 8.04. The molecule has 0 aliphatic heterocycles. The number of ether oxygens (including phenoxy) is 1. The minimum Gasteiger partial charge on any atom is -0.434 e. The van der Waals surface area contributed by atoms with Crippen molar-refractivity contribution >= 4 is 0 Å². The first-order valence-electron chi connectivity index (χ1n) is 4.13. The maximum absolute atomic E-state index is 12.0. The summed E-state index contributed by atoms with van der Waals surface area (Å²) >= 11 is 0. The quantitative estimate of drug-likeness (QED) is 0.698. The number of nitriles is 1. The molecule has 0 atom stereocenters. The summed E-state index contributed by atoms with van der Waals surface area (Å²) in [5.41, 5.74) is 0.355. The molecule has 0 aliphatic rings. The fraction of sp³-hybridized carbons (Fsp3) is 0.182. The molecule has 0 saturated carbocycles. The van der Waals surface area contributed by atoms with Crippen molar-refractivity contribution in [1.29, 1.82) is 5.26 Å². The van der Waals surface area contributed by atoms with Crippen LogP contribution in [0.3, 0.4) is 0 Å². The van der Waals surface area contributed by atoms with E-state index in [1.54, 1.807) is 18.2 Å². The number of para-hydroxylation sites is 1. The zero-order valence-electron chi connectivity index (χ0n) is 7.71. The van der Waals surface area contributed by atoms with E-state index in [1.807, 2.05) is 6.07 Å². The van der Waals surface area contributed by atoms with Crippen LogP contribution in [0.15, 0.2) is 24.3 Å². The maximum atomic E-state index is 12.0. The van der Waals surface area contributed by atoms with Gasteiger partial charge in [-0.15, -0.1) is 0 Å². The van der Waals surface area contributed by atoms with Crippen LogP contribution in [-0.4, -0.2) is 6.61 Å². The molecule has 0 radical (unpaired) electrons. The normalized spacial score (nSPS) is 8.93. The number of hydrogen-bond acceptors (Lipinski definition) is 2. The predicted octanol–water partition coefficient (Wildman–Crippen LogP) is 2.55. The topological polar surface area (TPSA) is 33.0 Å². The first-order chi connectivity index (χ1) is 7.24. The number of alkyl halides is 2. The van der Waals surface area contributed by atoms with E-state index >= 15 is 0 Å². The molecule has 2 nitrogen and oxygen atoms in total. The molecule has 0 aromatic heterocycles. The lowest BCUT2D eigenvalue weighted by Gasteiger charge is -2.05. The van der Waals surface area contributed by atoms with Gasteiger partial charge in [-0.2, -0.15) is 14.0 Å². The summed E-state index contributed by atoms with van der Waals surface area (Å²) in [6.07, 6.45) is 0.0585. The second kappa shape index (κ2) is 5.62. The number of benzene rings is 1. The van der Waals surface area contributed by atoms with Gasteiger partial charge in [0.2, 0.25) is 0 Å². The van der Waals surface area contributed by atoms with E-state index in [0.717, 1.165) is 0 Å². The van der Waals surface area contributed by atoms with Gasteiger partial charge in [0.15, 0.2) is 0 Å². The van der Waals surface area contributed by atoms with Crippen molar-refractivity contribution in [3.05, 3.63) is 29.8 Å². The van der Waals surface area contributed by atoms with Gasteiger partial charge in [0, 0.05) is 0 Å². The minimum absolute atomic E-state index is 0.0259. The molecule has 0 bridgehead atoms. The van der Waals surface area contributed by atoms with Crippen molar-refractivity contribution in [3.63, 3.8) is 0 Å². The van der Waals surface area contributed by atoms with Crippen molar-refractivity contribution in [1.82, 2.24) is 0 Å². The van der Waals surface area contributed by atoms with Gasteiger partial charge in [0.25, 0.3) is 0 Å². The molecular weight excluding hydrogens is 200 g/mol. The SMILES string of the molecule is N#CCC#Cc1ccccc1OC(F)F. The molecule has 15 heavy (non-hydrogen) atoms. The van der Waals surface area contributed by atoms with Crippen molar-refractivity contribution < 1.29 is 13.5 Å². The monoisotopic (exact) mass is 207 g/mol. The molecule has 0 aliphatic carbocycles. The second-order valence-corrected chi connectivity index (χ2v) is 2.51. The molecule has 1 rings (SSSR count). The Morgan fingerprint density at radius 3 is 2.73 bits per heavy atom. The summed E-state index contributed by atoms with van der Waals surface area (Å²) in [6.45, 7) is -2.87. The fourth-order valence-electron chi connectivity index (χ4n) is 0.948. The van der Waals surface area contributed by atoms with Crippen LogP contribution in [0.4, 0.5) is 8.78 Å². The molecule has 0 unspecified atom stereocenters. The van der Waals surface area contributed by atoms with E-state index < -0.39 is 6.61 Å². The lowest BCUT2D eigenvalue weighted by molar-refractivity contribution is -0.0500. The Hall–Kier alpha value is -2.07. The average molecular weight is 207 g/mol. The van der Waals surface area contributed by atoms with Crippen LogP contribution in [0, 0.1) is 23.2 Å². The number of rotatable bonds is 2. The van der Waals surface area contributed by atoms with Gasteiger partial charge >= 0.3 is 6.61 Å². The summed E-state index contributed by atoms with van der Waals surface area (Å²) in [5.74, 6) is 5.14. The lowest BCUT2D eigenvalue weighted by atomic mass is 10.2. The van der Waals surface area contributed by atoms with Crippen molar-refractivity contribution in [2.24, 2.45) is 0 Å². The van der Waals surface area contributed by atoms with Gasteiger partial charge in [0.1, 0.15) is 5.75 Å². The molecule has 0 fully saturated rings. The molecule has 0 heterocycles. The predicted molar refractivity (Wildman–Crippen MR) is 50.2 cm³/mol. The van der Waals surface area contributed by atoms with Crippen LogP contribution in [0.5, 0.6) is 5.75 Å². The van der Waals surface area contributed by atoms with Crippen LogP contribution in [0.25, 0.3) is 0 Å². The van der Waals surface area contributed by atoms with Crippen molar-refractivity contribution in [3.8, 4) is 23.7 Å². The van der Waals surface area contributed by atoms with Gasteiger partial charge in [-0.1, -0.05) is 24.0 Å². The Bertz CT molecular complexity index is 426. The van der Waals surface area contributed by atoms with Crippen molar-refractivity contribution in [2.45, 2.75) is 13.0 Å². The van der Waals surface area contributed by atoms with Gasteiger partial charge in [-0.3, -0.25) is 0 Å². The Labute approximate surface area is 86.1 Å². The van der Waals surface area contributed by atoms with Crippen LogP contribution in [0.2, 0.25) is 0 Å². The minimum atomic E-state index is -2.87.